The minimum Gasteiger partial charge on any atom is -0.350 e. The first-order valence-electron chi connectivity index (χ1n) is 4.76. The molecular weight excluding hydrogens is 178 g/mol. The molecule has 0 saturated carbocycles. The fourth-order valence-corrected chi connectivity index (χ4v) is 0.959. The van der Waals surface area contributed by atoms with Crippen LogP contribution in [0.1, 0.15) is 26.0 Å². The molecule has 0 aromatic carbocycles. The molecule has 0 fully saturated rings. The van der Waals surface area contributed by atoms with Crippen LogP contribution in [0, 0.1) is 5.92 Å². The van der Waals surface area contributed by atoms with Crippen molar-refractivity contribution in [2.75, 3.05) is 0 Å². The number of hydrogen-bond donors (Lipinski definition) is 1. The number of aromatic nitrogens is 2. The Morgan fingerprint density at radius 2 is 2.36 bits per heavy atom. The molecule has 1 unspecified atom stereocenters. The minimum absolute atomic E-state index is 0.0617. The van der Waals surface area contributed by atoms with Gasteiger partial charge in [-0.2, -0.15) is 0 Å². The summed E-state index contributed by atoms with van der Waals surface area (Å²) in [6.07, 6.45) is 5.73. The molecule has 0 aliphatic rings. The van der Waals surface area contributed by atoms with Gasteiger partial charge < -0.3 is 5.32 Å². The number of carbonyl (C=O) groups is 1. The van der Waals surface area contributed by atoms with E-state index in [-0.39, 0.29) is 11.8 Å². The fourth-order valence-electron chi connectivity index (χ4n) is 0.959. The third-order valence-electron chi connectivity index (χ3n) is 2.12. The lowest BCUT2D eigenvalue weighted by Crippen LogP contribution is -2.28. The number of hydrogen-bond acceptors (Lipinski definition) is 3. The van der Waals surface area contributed by atoms with Crippen molar-refractivity contribution in [1.29, 1.82) is 0 Å². The Bertz CT molecular complexity index is 287. The van der Waals surface area contributed by atoms with Crippen LogP contribution in [0.2, 0.25) is 0 Å². The van der Waals surface area contributed by atoms with E-state index in [9.17, 15) is 4.79 Å². The van der Waals surface area contributed by atoms with Gasteiger partial charge >= 0.3 is 0 Å². The minimum atomic E-state index is 0.0617. The van der Waals surface area contributed by atoms with Crippen LogP contribution in [0.4, 0.5) is 0 Å². The highest BCUT2D eigenvalue weighted by Crippen LogP contribution is 2.00. The molecule has 76 valence electrons. The van der Waals surface area contributed by atoms with Crippen LogP contribution in [0.3, 0.4) is 0 Å². The van der Waals surface area contributed by atoms with Gasteiger partial charge in [-0.05, 0) is 6.42 Å². The third-order valence-corrected chi connectivity index (χ3v) is 2.12. The van der Waals surface area contributed by atoms with Gasteiger partial charge in [-0.15, -0.1) is 0 Å². The van der Waals surface area contributed by atoms with Gasteiger partial charge in [-0.3, -0.25) is 14.8 Å². The molecule has 1 amide bonds. The second-order valence-corrected chi connectivity index (χ2v) is 3.22. The Kier molecular flexibility index (Phi) is 4.04. The number of amides is 1. The van der Waals surface area contributed by atoms with E-state index in [1.807, 2.05) is 13.8 Å². The van der Waals surface area contributed by atoms with Crippen molar-refractivity contribution in [3.63, 3.8) is 0 Å². The largest absolute Gasteiger partial charge is 0.350 e. The van der Waals surface area contributed by atoms with E-state index < -0.39 is 0 Å². The average Bonchev–Trinajstić information content (AvgIpc) is 2.26. The van der Waals surface area contributed by atoms with Crippen LogP contribution in [0.5, 0.6) is 0 Å². The van der Waals surface area contributed by atoms with Crippen molar-refractivity contribution in [3.8, 4) is 0 Å². The van der Waals surface area contributed by atoms with Gasteiger partial charge in [0.2, 0.25) is 5.91 Å². The van der Waals surface area contributed by atoms with E-state index in [2.05, 4.69) is 15.3 Å². The van der Waals surface area contributed by atoms with Crippen molar-refractivity contribution in [1.82, 2.24) is 15.3 Å². The number of carbonyl (C=O) groups excluding carboxylic acids is 1. The molecule has 1 rings (SSSR count). The van der Waals surface area contributed by atoms with Gasteiger partial charge in [0.1, 0.15) is 0 Å². The zero-order valence-electron chi connectivity index (χ0n) is 8.53. The predicted octanol–water partition coefficient (Wildman–Crippen LogP) is 1.14. The molecule has 1 N–H and O–H groups in total. The molecule has 0 aliphatic carbocycles. The molecule has 0 spiro atoms. The molecule has 1 atom stereocenters. The Morgan fingerprint density at radius 1 is 1.57 bits per heavy atom. The molecule has 4 heteroatoms. The predicted molar refractivity (Wildman–Crippen MR) is 53.3 cm³/mol. The number of rotatable bonds is 4. The lowest BCUT2D eigenvalue weighted by atomic mass is 10.1. The molecule has 0 aliphatic heterocycles. The summed E-state index contributed by atoms with van der Waals surface area (Å²) >= 11 is 0. The highest BCUT2D eigenvalue weighted by molar-refractivity contribution is 5.78. The second-order valence-electron chi connectivity index (χ2n) is 3.22. The molecule has 0 bridgehead atoms. The summed E-state index contributed by atoms with van der Waals surface area (Å²) in [7, 11) is 0. The lowest BCUT2D eigenvalue weighted by molar-refractivity contribution is -0.124. The summed E-state index contributed by atoms with van der Waals surface area (Å²) in [6.45, 7) is 4.36. The standard InChI is InChI=1S/C10H15N3O/c1-3-8(2)10(14)13-7-9-6-11-4-5-12-9/h4-6,8H,3,7H2,1-2H3,(H,13,14). The van der Waals surface area contributed by atoms with E-state index >= 15 is 0 Å². The van der Waals surface area contributed by atoms with Crippen molar-refractivity contribution in [2.24, 2.45) is 5.92 Å². The molecule has 1 aromatic rings. The number of nitrogens with zero attached hydrogens (tertiary/aromatic N) is 2. The zero-order valence-corrected chi connectivity index (χ0v) is 8.53. The monoisotopic (exact) mass is 193 g/mol. The molecular formula is C10H15N3O. The van der Waals surface area contributed by atoms with Gasteiger partial charge in [-0.1, -0.05) is 13.8 Å². The highest BCUT2D eigenvalue weighted by atomic mass is 16.1. The van der Waals surface area contributed by atoms with Crippen LogP contribution < -0.4 is 5.32 Å². The summed E-state index contributed by atoms with van der Waals surface area (Å²) in [6, 6.07) is 0. The van der Waals surface area contributed by atoms with Crippen molar-refractivity contribution >= 4 is 5.91 Å². The second kappa shape index (κ2) is 5.32. The quantitative estimate of drug-likeness (QED) is 0.780. The van der Waals surface area contributed by atoms with Crippen molar-refractivity contribution in [3.05, 3.63) is 24.3 Å². The van der Waals surface area contributed by atoms with Gasteiger partial charge in [0.05, 0.1) is 18.4 Å². The maximum Gasteiger partial charge on any atom is 0.223 e. The zero-order chi connectivity index (χ0) is 10.4. The topological polar surface area (TPSA) is 54.9 Å². The summed E-state index contributed by atoms with van der Waals surface area (Å²) in [5.74, 6) is 0.129. The fraction of sp³-hybridized carbons (Fsp3) is 0.500. The highest BCUT2D eigenvalue weighted by Gasteiger charge is 2.09. The van der Waals surface area contributed by atoms with E-state index in [1.165, 1.54) is 0 Å². The van der Waals surface area contributed by atoms with Crippen LogP contribution >= 0.6 is 0 Å². The summed E-state index contributed by atoms with van der Waals surface area (Å²) in [4.78, 5) is 19.4. The smallest absolute Gasteiger partial charge is 0.223 e. The lowest BCUT2D eigenvalue weighted by Gasteiger charge is -2.08. The van der Waals surface area contributed by atoms with E-state index in [4.69, 9.17) is 0 Å². The van der Waals surface area contributed by atoms with Crippen molar-refractivity contribution in [2.45, 2.75) is 26.8 Å². The molecule has 1 aromatic heterocycles. The first-order valence-corrected chi connectivity index (χ1v) is 4.76. The maximum atomic E-state index is 11.4. The third kappa shape index (κ3) is 3.12. The van der Waals surface area contributed by atoms with E-state index in [1.54, 1.807) is 18.6 Å². The summed E-state index contributed by atoms with van der Waals surface area (Å²) in [5, 5.41) is 2.81. The first kappa shape index (κ1) is 10.6. The van der Waals surface area contributed by atoms with Crippen LogP contribution in [-0.2, 0) is 11.3 Å². The van der Waals surface area contributed by atoms with E-state index in [0.29, 0.717) is 6.54 Å². The summed E-state index contributed by atoms with van der Waals surface area (Å²) < 4.78 is 0. The maximum absolute atomic E-state index is 11.4. The Balaban J connectivity index is 2.38. The number of nitrogens with one attached hydrogen (secondary N) is 1. The van der Waals surface area contributed by atoms with Gasteiger partial charge in [0.25, 0.3) is 0 Å². The van der Waals surface area contributed by atoms with Gasteiger partial charge in [0.15, 0.2) is 0 Å². The molecule has 14 heavy (non-hydrogen) atoms. The Morgan fingerprint density at radius 3 is 2.93 bits per heavy atom. The molecule has 1 heterocycles. The molecule has 4 nitrogen and oxygen atoms in total. The van der Waals surface area contributed by atoms with Gasteiger partial charge in [-0.25, -0.2) is 0 Å². The summed E-state index contributed by atoms with van der Waals surface area (Å²) in [5.41, 5.74) is 0.782. The Labute approximate surface area is 83.8 Å². The normalized spacial score (nSPS) is 12.1. The average molecular weight is 193 g/mol. The molecule has 0 radical (unpaired) electrons. The van der Waals surface area contributed by atoms with E-state index in [0.717, 1.165) is 12.1 Å². The Hall–Kier alpha value is -1.45. The SMILES string of the molecule is CCC(C)C(=O)NCc1cnccn1. The van der Waals surface area contributed by atoms with Crippen LogP contribution in [-0.4, -0.2) is 15.9 Å². The first-order chi connectivity index (χ1) is 6.74. The molecule has 0 saturated heterocycles. The van der Waals surface area contributed by atoms with Crippen LogP contribution in [0.15, 0.2) is 18.6 Å². The van der Waals surface area contributed by atoms with Crippen LogP contribution in [0.25, 0.3) is 0 Å². The van der Waals surface area contributed by atoms with Crippen molar-refractivity contribution < 1.29 is 4.79 Å². The van der Waals surface area contributed by atoms with Gasteiger partial charge in [0, 0.05) is 18.3 Å².